The van der Waals surface area contributed by atoms with Crippen molar-refractivity contribution in [3.63, 3.8) is 0 Å². The molecule has 1 aromatic heterocycles. The summed E-state index contributed by atoms with van der Waals surface area (Å²) in [5.41, 5.74) is 8.09. The molecular formula is C16H19N3O2. The highest BCUT2D eigenvalue weighted by atomic mass is 16.5. The molecule has 0 atom stereocenters. The van der Waals surface area contributed by atoms with Gasteiger partial charge in [-0.1, -0.05) is 18.2 Å². The van der Waals surface area contributed by atoms with Crippen LogP contribution in [0.1, 0.15) is 21.5 Å². The minimum atomic E-state index is -0.125. The van der Waals surface area contributed by atoms with Gasteiger partial charge in [-0.3, -0.25) is 4.79 Å². The van der Waals surface area contributed by atoms with Crippen molar-refractivity contribution in [2.24, 2.45) is 5.73 Å². The van der Waals surface area contributed by atoms with E-state index in [0.29, 0.717) is 24.5 Å². The van der Waals surface area contributed by atoms with Gasteiger partial charge in [-0.05, 0) is 36.7 Å². The smallest absolute Gasteiger partial charge is 0.251 e. The molecule has 0 saturated heterocycles. The van der Waals surface area contributed by atoms with Crippen LogP contribution in [0.5, 0.6) is 5.88 Å². The fraction of sp³-hybridized carbons (Fsp3) is 0.250. The van der Waals surface area contributed by atoms with Gasteiger partial charge in [-0.15, -0.1) is 0 Å². The van der Waals surface area contributed by atoms with E-state index in [1.54, 1.807) is 25.4 Å². The first-order chi connectivity index (χ1) is 10.2. The molecule has 3 N–H and O–H groups in total. The summed E-state index contributed by atoms with van der Waals surface area (Å²) in [7, 11) is 1.56. The van der Waals surface area contributed by atoms with Gasteiger partial charge in [-0.2, -0.15) is 0 Å². The predicted octanol–water partition coefficient (Wildman–Crippen LogP) is 1.52. The van der Waals surface area contributed by atoms with Crippen molar-refractivity contribution < 1.29 is 9.53 Å². The molecule has 1 heterocycles. The van der Waals surface area contributed by atoms with Crippen LogP contribution in [0.3, 0.4) is 0 Å². The Balaban J connectivity index is 1.98. The number of rotatable bonds is 6. The highest BCUT2D eigenvalue weighted by Gasteiger charge is 2.08. The van der Waals surface area contributed by atoms with Crippen molar-refractivity contribution in [2.75, 3.05) is 13.7 Å². The first-order valence-electron chi connectivity index (χ1n) is 6.79. The Morgan fingerprint density at radius 2 is 2.05 bits per heavy atom. The number of nitrogens with two attached hydrogens (primary N) is 1. The number of nitrogens with one attached hydrogen (secondary N) is 1. The van der Waals surface area contributed by atoms with Crippen molar-refractivity contribution >= 4 is 5.91 Å². The second-order valence-corrected chi connectivity index (χ2v) is 4.59. The average molecular weight is 285 g/mol. The molecule has 0 saturated carbocycles. The first kappa shape index (κ1) is 15.0. The van der Waals surface area contributed by atoms with E-state index in [1.165, 1.54) is 0 Å². The van der Waals surface area contributed by atoms with Crippen LogP contribution in [-0.4, -0.2) is 24.5 Å². The maximum Gasteiger partial charge on any atom is 0.251 e. The van der Waals surface area contributed by atoms with Crippen LogP contribution >= 0.6 is 0 Å². The minimum Gasteiger partial charge on any atom is -0.481 e. The Hall–Kier alpha value is -2.40. The molecule has 5 heteroatoms. The minimum absolute atomic E-state index is 0.125. The molecule has 5 nitrogen and oxygen atoms in total. The zero-order chi connectivity index (χ0) is 15.1. The zero-order valence-electron chi connectivity index (χ0n) is 12.0. The molecule has 1 amide bonds. The Labute approximate surface area is 124 Å². The van der Waals surface area contributed by atoms with E-state index >= 15 is 0 Å². The summed E-state index contributed by atoms with van der Waals surface area (Å²) < 4.78 is 5.15. The quantitative estimate of drug-likeness (QED) is 0.843. The molecule has 110 valence electrons. The van der Waals surface area contributed by atoms with Crippen molar-refractivity contribution in [3.8, 4) is 5.88 Å². The maximum absolute atomic E-state index is 12.1. The zero-order valence-corrected chi connectivity index (χ0v) is 12.0. The molecule has 0 spiro atoms. The summed E-state index contributed by atoms with van der Waals surface area (Å²) in [6.45, 7) is 0.979. The maximum atomic E-state index is 12.1. The number of aromatic nitrogens is 1. The van der Waals surface area contributed by atoms with Crippen LogP contribution < -0.4 is 15.8 Å². The third-order valence-corrected chi connectivity index (χ3v) is 3.13. The molecule has 0 aliphatic rings. The van der Waals surface area contributed by atoms with Crippen LogP contribution in [0.4, 0.5) is 0 Å². The first-order valence-corrected chi connectivity index (χ1v) is 6.79. The van der Waals surface area contributed by atoms with Crippen molar-refractivity contribution in [1.82, 2.24) is 10.3 Å². The van der Waals surface area contributed by atoms with Gasteiger partial charge in [-0.25, -0.2) is 4.98 Å². The molecule has 2 aromatic rings. The standard InChI is InChI=1S/C16H19N3O2/c1-21-16-14(3-2-10-18-16)11-19-15(20)13-6-4-12(5-7-13)8-9-17/h2-7,10H,8-9,11,17H2,1H3,(H,19,20). The van der Waals surface area contributed by atoms with Gasteiger partial charge < -0.3 is 15.8 Å². The molecule has 0 aliphatic carbocycles. The summed E-state index contributed by atoms with van der Waals surface area (Å²) in [5.74, 6) is 0.399. The van der Waals surface area contributed by atoms with Crippen LogP contribution in [0.25, 0.3) is 0 Å². The number of carbonyl (C=O) groups excluding carboxylic acids is 1. The largest absolute Gasteiger partial charge is 0.481 e. The summed E-state index contributed by atoms with van der Waals surface area (Å²) >= 11 is 0. The third-order valence-electron chi connectivity index (χ3n) is 3.13. The van der Waals surface area contributed by atoms with Gasteiger partial charge in [0.1, 0.15) is 0 Å². The number of amides is 1. The van der Waals surface area contributed by atoms with E-state index in [2.05, 4.69) is 10.3 Å². The van der Waals surface area contributed by atoms with Gasteiger partial charge in [0.15, 0.2) is 0 Å². The summed E-state index contributed by atoms with van der Waals surface area (Å²) in [6.07, 6.45) is 2.47. The fourth-order valence-electron chi connectivity index (χ4n) is 2.01. The monoisotopic (exact) mass is 285 g/mol. The fourth-order valence-corrected chi connectivity index (χ4v) is 2.01. The Morgan fingerprint density at radius 3 is 2.71 bits per heavy atom. The highest BCUT2D eigenvalue weighted by Crippen LogP contribution is 2.13. The normalized spacial score (nSPS) is 10.2. The number of hydrogen-bond donors (Lipinski definition) is 2. The summed E-state index contributed by atoms with van der Waals surface area (Å²) in [4.78, 5) is 16.2. The second-order valence-electron chi connectivity index (χ2n) is 4.59. The van der Waals surface area contributed by atoms with Gasteiger partial charge in [0, 0.05) is 23.9 Å². The van der Waals surface area contributed by atoms with E-state index in [0.717, 1.165) is 17.5 Å². The van der Waals surface area contributed by atoms with E-state index in [9.17, 15) is 4.79 Å². The van der Waals surface area contributed by atoms with Gasteiger partial charge in [0.05, 0.1) is 7.11 Å². The van der Waals surface area contributed by atoms with E-state index in [1.807, 2.05) is 24.3 Å². The lowest BCUT2D eigenvalue weighted by molar-refractivity contribution is 0.0950. The second kappa shape index (κ2) is 7.40. The number of carbonyl (C=O) groups is 1. The van der Waals surface area contributed by atoms with Gasteiger partial charge in [0.25, 0.3) is 5.91 Å². The van der Waals surface area contributed by atoms with Gasteiger partial charge >= 0.3 is 0 Å². The van der Waals surface area contributed by atoms with Crippen molar-refractivity contribution in [1.29, 1.82) is 0 Å². The average Bonchev–Trinajstić information content (AvgIpc) is 2.54. The molecule has 0 aliphatic heterocycles. The highest BCUT2D eigenvalue weighted by molar-refractivity contribution is 5.94. The van der Waals surface area contributed by atoms with Crippen LogP contribution in [-0.2, 0) is 13.0 Å². The van der Waals surface area contributed by atoms with E-state index in [-0.39, 0.29) is 5.91 Å². The molecule has 0 fully saturated rings. The summed E-state index contributed by atoms with van der Waals surface area (Å²) in [5, 5.41) is 2.86. The number of benzene rings is 1. The van der Waals surface area contributed by atoms with Crippen LogP contribution in [0, 0.1) is 0 Å². The van der Waals surface area contributed by atoms with E-state index < -0.39 is 0 Å². The van der Waals surface area contributed by atoms with Gasteiger partial charge in [0.2, 0.25) is 5.88 Å². The molecule has 2 rings (SSSR count). The lowest BCUT2D eigenvalue weighted by atomic mass is 10.1. The van der Waals surface area contributed by atoms with E-state index in [4.69, 9.17) is 10.5 Å². The van der Waals surface area contributed by atoms with Crippen LogP contribution in [0.2, 0.25) is 0 Å². The topological polar surface area (TPSA) is 77.2 Å². The SMILES string of the molecule is COc1ncccc1CNC(=O)c1ccc(CCN)cc1. The molecule has 21 heavy (non-hydrogen) atoms. The molecule has 1 aromatic carbocycles. The third kappa shape index (κ3) is 4.03. The number of nitrogens with zero attached hydrogens (tertiary/aromatic N) is 1. The van der Waals surface area contributed by atoms with Crippen LogP contribution in [0.15, 0.2) is 42.6 Å². The number of ether oxygens (including phenoxy) is 1. The number of pyridine rings is 1. The Kier molecular flexibility index (Phi) is 5.29. The van der Waals surface area contributed by atoms with Crippen molar-refractivity contribution in [3.05, 3.63) is 59.3 Å². The number of methoxy groups -OCH3 is 1. The lowest BCUT2D eigenvalue weighted by Gasteiger charge is -2.09. The Bertz CT molecular complexity index is 597. The number of hydrogen-bond acceptors (Lipinski definition) is 4. The molecule has 0 unspecified atom stereocenters. The molecular weight excluding hydrogens is 266 g/mol. The Morgan fingerprint density at radius 1 is 1.29 bits per heavy atom. The molecule has 0 bridgehead atoms. The summed E-state index contributed by atoms with van der Waals surface area (Å²) in [6, 6.07) is 11.1. The predicted molar refractivity (Wildman–Crippen MR) is 81.2 cm³/mol. The lowest BCUT2D eigenvalue weighted by Crippen LogP contribution is -2.23. The molecule has 0 radical (unpaired) electrons. The van der Waals surface area contributed by atoms with Crippen molar-refractivity contribution in [2.45, 2.75) is 13.0 Å².